The van der Waals surface area contributed by atoms with Crippen LogP contribution in [0.3, 0.4) is 0 Å². The fourth-order valence-electron chi connectivity index (χ4n) is 0.741. The molecule has 0 aliphatic carbocycles. The van der Waals surface area contributed by atoms with Gasteiger partial charge in [0.25, 0.3) is 0 Å². The molecule has 0 atom stereocenters. The van der Waals surface area contributed by atoms with Gasteiger partial charge in [-0.3, -0.25) is 4.79 Å². The molecule has 0 heterocycles. The van der Waals surface area contributed by atoms with E-state index < -0.39 is 5.54 Å². The second kappa shape index (κ2) is 4.58. The lowest BCUT2D eigenvalue weighted by atomic mass is 10.1. The van der Waals surface area contributed by atoms with Crippen molar-refractivity contribution in [2.45, 2.75) is 46.2 Å². The number of nitrogens with one attached hydrogen (secondary N) is 1. The van der Waals surface area contributed by atoms with E-state index in [-0.39, 0.29) is 18.5 Å². The molecule has 0 aliphatic rings. The summed E-state index contributed by atoms with van der Waals surface area (Å²) in [6, 6.07) is 0.112. The largest absolute Gasteiger partial charge is 0.353 e. The lowest BCUT2D eigenvalue weighted by Crippen LogP contribution is -2.46. The molecule has 2 N–H and O–H groups in total. The summed E-state index contributed by atoms with van der Waals surface area (Å²) < 4.78 is 0. The zero-order valence-electron chi connectivity index (χ0n) is 9.09. The van der Waals surface area contributed by atoms with Gasteiger partial charge in [-0.15, -0.1) is 0 Å². The highest BCUT2D eigenvalue weighted by atomic mass is 16.5. The Bertz CT molecular complexity index is 173. The summed E-state index contributed by atoms with van der Waals surface area (Å²) in [5.41, 5.74) is -0.395. The van der Waals surface area contributed by atoms with Crippen molar-refractivity contribution in [3.05, 3.63) is 0 Å². The highest BCUT2D eigenvalue weighted by molar-refractivity contribution is 5.78. The molecule has 0 radical (unpaired) electrons. The number of hydrogen-bond acceptors (Lipinski definition) is 3. The number of amides is 1. The molecule has 13 heavy (non-hydrogen) atoms. The van der Waals surface area contributed by atoms with Crippen LogP contribution >= 0.6 is 0 Å². The normalized spacial score (nSPS) is 12.3. The van der Waals surface area contributed by atoms with Crippen molar-refractivity contribution in [1.29, 1.82) is 0 Å². The lowest BCUT2D eigenvalue weighted by molar-refractivity contribution is -0.166. The summed E-state index contributed by atoms with van der Waals surface area (Å²) in [6.07, 6.45) is 0. The molecule has 4 heteroatoms. The highest BCUT2D eigenvalue weighted by Crippen LogP contribution is 2.08. The number of nitrogens with zero attached hydrogens (tertiary/aromatic N) is 1. The Kier molecular flexibility index (Phi) is 4.36. The SMILES string of the molecule is CC(C)NC(=O)CN(O)C(C)(C)C. The molecule has 0 spiro atoms. The molecule has 0 fully saturated rings. The molecule has 0 aliphatic heterocycles. The van der Waals surface area contributed by atoms with E-state index in [0.717, 1.165) is 5.06 Å². The number of hydroxylamine groups is 2. The van der Waals surface area contributed by atoms with Crippen LogP contribution in [-0.2, 0) is 4.79 Å². The molecule has 0 aromatic carbocycles. The number of rotatable bonds is 3. The summed E-state index contributed by atoms with van der Waals surface area (Å²) >= 11 is 0. The Labute approximate surface area is 79.9 Å². The van der Waals surface area contributed by atoms with Crippen LogP contribution in [0.15, 0.2) is 0 Å². The molecule has 78 valence electrons. The maximum absolute atomic E-state index is 11.2. The topological polar surface area (TPSA) is 52.6 Å². The van der Waals surface area contributed by atoms with Crippen molar-refractivity contribution in [3.8, 4) is 0 Å². The van der Waals surface area contributed by atoms with Crippen LogP contribution in [-0.4, -0.2) is 34.3 Å². The van der Waals surface area contributed by atoms with Gasteiger partial charge >= 0.3 is 0 Å². The molecule has 1 amide bonds. The van der Waals surface area contributed by atoms with Crippen molar-refractivity contribution < 1.29 is 10.0 Å². The third-order valence-electron chi connectivity index (χ3n) is 1.52. The highest BCUT2D eigenvalue weighted by Gasteiger charge is 2.21. The summed E-state index contributed by atoms with van der Waals surface area (Å²) in [6.45, 7) is 9.32. The Morgan fingerprint density at radius 3 is 2.23 bits per heavy atom. The van der Waals surface area contributed by atoms with Crippen LogP contribution in [0.5, 0.6) is 0 Å². The number of carbonyl (C=O) groups excluding carboxylic acids is 1. The van der Waals surface area contributed by atoms with E-state index in [1.807, 2.05) is 34.6 Å². The van der Waals surface area contributed by atoms with E-state index in [1.165, 1.54) is 0 Å². The average molecular weight is 188 g/mol. The third kappa shape index (κ3) is 5.60. The molecule has 0 saturated carbocycles. The summed E-state index contributed by atoms with van der Waals surface area (Å²) in [7, 11) is 0. The molecule has 0 unspecified atom stereocenters. The smallest absolute Gasteiger partial charge is 0.236 e. The minimum Gasteiger partial charge on any atom is -0.353 e. The van der Waals surface area contributed by atoms with Gasteiger partial charge in [0, 0.05) is 11.6 Å². The predicted octanol–water partition coefficient (Wildman–Crippen LogP) is 1.00. The van der Waals surface area contributed by atoms with Crippen LogP contribution in [0.4, 0.5) is 0 Å². The molecule has 4 nitrogen and oxygen atoms in total. The van der Waals surface area contributed by atoms with Crippen molar-refractivity contribution >= 4 is 5.91 Å². The van der Waals surface area contributed by atoms with E-state index >= 15 is 0 Å². The van der Waals surface area contributed by atoms with Crippen molar-refractivity contribution in [3.63, 3.8) is 0 Å². The molecule has 0 bridgehead atoms. The Balaban J connectivity index is 3.93. The first-order valence-corrected chi connectivity index (χ1v) is 4.49. The van der Waals surface area contributed by atoms with Gasteiger partial charge in [-0.25, -0.2) is 0 Å². The average Bonchev–Trinajstić information content (AvgIpc) is 1.82. The van der Waals surface area contributed by atoms with Crippen LogP contribution in [0.25, 0.3) is 0 Å². The second-order valence-corrected chi connectivity index (χ2v) is 4.45. The lowest BCUT2D eigenvalue weighted by Gasteiger charge is -2.28. The zero-order valence-corrected chi connectivity index (χ0v) is 9.09. The van der Waals surface area contributed by atoms with Gasteiger partial charge in [-0.1, -0.05) is 0 Å². The van der Waals surface area contributed by atoms with Crippen LogP contribution < -0.4 is 5.32 Å². The minimum absolute atomic E-state index is 0.0156. The maximum atomic E-state index is 11.2. The van der Waals surface area contributed by atoms with Gasteiger partial charge in [0.1, 0.15) is 6.54 Å². The standard InChI is InChI=1S/C9H20N2O2/c1-7(2)10-8(12)6-11(13)9(3,4)5/h7,13H,6H2,1-5H3,(H,10,12). The quantitative estimate of drug-likeness (QED) is 0.650. The number of carbonyl (C=O) groups is 1. The first-order chi connectivity index (χ1) is 5.73. The predicted molar refractivity (Wildman–Crippen MR) is 51.5 cm³/mol. The Hall–Kier alpha value is -0.610. The fourth-order valence-corrected chi connectivity index (χ4v) is 0.741. The van der Waals surface area contributed by atoms with E-state index in [9.17, 15) is 10.0 Å². The maximum Gasteiger partial charge on any atom is 0.236 e. The van der Waals surface area contributed by atoms with E-state index in [4.69, 9.17) is 0 Å². The van der Waals surface area contributed by atoms with Crippen molar-refractivity contribution in [2.75, 3.05) is 6.54 Å². The zero-order chi connectivity index (χ0) is 10.6. The minimum atomic E-state index is -0.395. The Morgan fingerprint density at radius 1 is 1.46 bits per heavy atom. The van der Waals surface area contributed by atoms with Gasteiger partial charge in [0.05, 0.1) is 0 Å². The molecular formula is C9H20N2O2. The third-order valence-corrected chi connectivity index (χ3v) is 1.52. The molecule has 0 rings (SSSR count). The first-order valence-electron chi connectivity index (χ1n) is 4.49. The van der Waals surface area contributed by atoms with Crippen LogP contribution in [0.1, 0.15) is 34.6 Å². The first kappa shape index (κ1) is 12.4. The van der Waals surface area contributed by atoms with Crippen molar-refractivity contribution in [1.82, 2.24) is 10.4 Å². The Morgan fingerprint density at radius 2 is 1.92 bits per heavy atom. The monoisotopic (exact) mass is 188 g/mol. The van der Waals surface area contributed by atoms with E-state index in [2.05, 4.69) is 5.32 Å². The van der Waals surface area contributed by atoms with Crippen molar-refractivity contribution in [2.24, 2.45) is 0 Å². The van der Waals surface area contributed by atoms with E-state index in [1.54, 1.807) is 0 Å². The van der Waals surface area contributed by atoms with Gasteiger partial charge < -0.3 is 10.5 Å². The van der Waals surface area contributed by atoms with Gasteiger partial charge in [-0.05, 0) is 34.6 Å². The van der Waals surface area contributed by atoms with E-state index in [0.29, 0.717) is 0 Å². The fraction of sp³-hybridized carbons (Fsp3) is 0.889. The van der Waals surface area contributed by atoms with Gasteiger partial charge in [0.15, 0.2) is 0 Å². The van der Waals surface area contributed by atoms with Crippen LogP contribution in [0.2, 0.25) is 0 Å². The molecule has 0 aromatic heterocycles. The summed E-state index contributed by atoms with van der Waals surface area (Å²) in [5, 5.41) is 13.2. The summed E-state index contributed by atoms with van der Waals surface area (Å²) in [4.78, 5) is 11.2. The molecule has 0 saturated heterocycles. The summed E-state index contributed by atoms with van der Waals surface area (Å²) in [5.74, 6) is -0.160. The molecular weight excluding hydrogens is 168 g/mol. The number of hydrogen-bond donors (Lipinski definition) is 2. The molecule has 0 aromatic rings. The van der Waals surface area contributed by atoms with Crippen LogP contribution in [0, 0.1) is 0 Å². The van der Waals surface area contributed by atoms with Gasteiger partial charge in [0.2, 0.25) is 5.91 Å². The second-order valence-electron chi connectivity index (χ2n) is 4.45. The van der Waals surface area contributed by atoms with Gasteiger partial charge in [-0.2, -0.15) is 5.06 Å².